The van der Waals surface area contributed by atoms with Gasteiger partial charge in [0.05, 0.1) is 16.8 Å². The highest BCUT2D eigenvalue weighted by Gasteiger charge is 2.32. The van der Waals surface area contributed by atoms with Crippen molar-refractivity contribution in [3.05, 3.63) is 150 Å². The Morgan fingerprint density at radius 1 is 0.766 bits per heavy atom. The number of anilines is 3. The number of nitrogens with two attached hydrogens (primary N) is 1. The van der Waals surface area contributed by atoms with Gasteiger partial charge >= 0.3 is 0 Å². The van der Waals surface area contributed by atoms with Crippen LogP contribution in [0, 0.1) is 0 Å². The van der Waals surface area contributed by atoms with Crippen molar-refractivity contribution < 1.29 is 9.59 Å². The maximum absolute atomic E-state index is 14.6. The van der Waals surface area contributed by atoms with E-state index in [1.807, 2.05) is 139 Å². The maximum Gasteiger partial charge on any atom is 0.283 e. The van der Waals surface area contributed by atoms with Crippen LogP contribution in [0.4, 0.5) is 17.1 Å². The van der Waals surface area contributed by atoms with Gasteiger partial charge < -0.3 is 15.5 Å². The molecule has 8 heteroatoms. The molecule has 0 fully saturated rings. The molecule has 8 nitrogen and oxygen atoms in total. The molecule has 1 aliphatic heterocycles. The topological polar surface area (TPSA) is 87.7 Å². The van der Waals surface area contributed by atoms with Gasteiger partial charge in [-0.05, 0) is 66.1 Å². The van der Waals surface area contributed by atoms with Crippen LogP contribution in [0.1, 0.15) is 32.0 Å². The number of aromatic nitrogens is 2. The summed E-state index contributed by atoms with van der Waals surface area (Å²) in [6.45, 7) is 0.816. The minimum Gasteiger partial charge on any atom is -0.378 e. The highest BCUT2D eigenvalue weighted by atomic mass is 16.2. The van der Waals surface area contributed by atoms with Crippen LogP contribution >= 0.6 is 0 Å². The molecule has 2 N–H and O–H groups in total. The first-order valence-electron chi connectivity index (χ1n) is 15.8. The minimum atomic E-state index is -0.272. The highest BCUT2D eigenvalue weighted by Crippen LogP contribution is 2.33. The Balaban J connectivity index is 1.38. The number of amides is 2. The summed E-state index contributed by atoms with van der Waals surface area (Å²) >= 11 is 0. The molecule has 7 rings (SSSR count). The van der Waals surface area contributed by atoms with Crippen molar-refractivity contribution in [1.82, 2.24) is 14.7 Å². The van der Waals surface area contributed by atoms with Crippen LogP contribution in [0.3, 0.4) is 0 Å². The predicted molar refractivity (Wildman–Crippen MR) is 188 cm³/mol. The monoisotopic (exact) mass is 620 g/mol. The largest absolute Gasteiger partial charge is 0.378 e. The fourth-order valence-electron chi connectivity index (χ4n) is 6.40. The van der Waals surface area contributed by atoms with Crippen molar-refractivity contribution in [3.63, 3.8) is 0 Å². The van der Waals surface area contributed by atoms with E-state index in [9.17, 15) is 9.59 Å². The van der Waals surface area contributed by atoms with Crippen LogP contribution in [0.5, 0.6) is 0 Å². The minimum absolute atomic E-state index is 0.128. The smallest absolute Gasteiger partial charge is 0.283 e. The van der Waals surface area contributed by atoms with E-state index in [1.165, 1.54) is 5.56 Å². The van der Waals surface area contributed by atoms with E-state index in [4.69, 9.17) is 10.8 Å². The van der Waals surface area contributed by atoms with E-state index in [0.717, 1.165) is 28.1 Å². The molecule has 1 atom stereocenters. The molecule has 0 radical (unpaired) electrons. The fourth-order valence-corrected chi connectivity index (χ4v) is 6.40. The second-order valence-electron chi connectivity index (χ2n) is 12.0. The highest BCUT2D eigenvalue weighted by molar-refractivity contribution is 6.16. The second-order valence-corrected chi connectivity index (χ2v) is 12.0. The van der Waals surface area contributed by atoms with Gasteiger partial charge in [-0.3, -0.25) is 14.5 Å². The van der Waals surface area contributed by atoms with Gasteiger partial charge in [-0.1, -0.05) is 78.9 Å². The van der Waals surface area contributed by atoms with Crippen LogP contribution in [0.2, 0.25) is 0 Å². The Morgan fingerprint density at radius 3 is 2.04 bits per heavy atom. The third-order valence-corrected chi connectivity index (χ3v) is 8.87. The Hall–Kier alpha value is -5.73. The number of rotatable bonds is 7. The van der Waals surface area contributed by atoms with Crippen molar-refractivity contribution in [2.45, 2.75) is 19.0 Å². The van der Waals surface area contributed by atoms with Crippen molar-refractivity contribution in [2.75, 3.05) is 30.4 Å². The number of benzene rings is 5. The lowest BCUT2D eigenvalue weighted by atomic mass is 9.93. The summed E-state index contributed by atoms with van der Waals surface area (Å²) in [5, 5.41) is 5.68. The number of carbonyl (C=O) groups excluding carboxylic acids is 2. The van der Waals surface area contributed by atoms with E-state index >= 15 is 0 Å². The lowest BCUT2D eigenvalue weighted by molar-refractivity contribution is 0.0647. The van der Waals surface area contributed by atoms with Crippen LogP contribution < -0.4 is 15.5 Å². The molecule has 6 aromatic rings. The molecule has 1 aliphatic rings. The second kappa shape index (κ2) is 12.6. The van der Waals surface area contributed by atoms with Gasteiger partial charge in [0.1, 0.15) is 0 Å². The van der Waals surface area contributed by atoms with E-state index in [-0.39, 0.29) is 23.6 Å². The zero-order valence-electron chi connectivity index (χ0n) is 26.5. The van der Waals surface area contributed by atoms with Crippen molar-refractivity contribution in [1.29, 1.82) is 0 Å². The lowest BCUT2D eigenvalue weighted by Crippen LogP contribution is -2.48. The van der Waals surface area contributed by atoms with E-state index in [0.29, 0.717) is 36.1 Å². The molecule has 0 aliphatic carbocycles. The molecule has 0 spiro atoms. The average Bonchev–Trinajstić information content (AvgIpc) is 3.51. The van der Waals surface area contributed by atoms with Crippen molar-refractivity contribution in [3.8, 4) is 5.69 Å². The normalized spacial score (nSPS) is 14.1. The first-order chi connectivity index (χ1) is 22.9. The predicted octanol–water partition coefficient (Wildman–Crippen LogP) is 6.60. The number of carbonyl (C=O) groups is 2. The van der Waals surface area contributed by atoms with Gasteiger partial charge in [0.2, 0.25) is 0 Å². The quantitative estimate of drug-likeness (QED) is 0.218. The van der Waals surface area contributed by atoms with Gasteiger partial charge in [0, 0.05) is 55.7 Å². The summed E-state index contributed by atoms with van der Waals surface area (Å²) in [5.41, 5.74) is 13.0. The number of fused-ring (bicyclic) bond motifs is 2. The van der Waals surface area contributed by atoms with Gasteiger partial charge in [0.15, 0.2) is 5.69 Å². The molecule has 234 valence electrons. The Labute approximate surface area is 274 Å². The maximum atomic E-state index is 14.6. The molecular weight excluding hydrogens is 584 g/mol. The number of nitrogens with zero attached hydrogens (tertiary/aromatic N) is 5. The lowest BCUT2D eigenvalue weighted by Gasteiger charge is -2.37. The zero-order chi connectivity index (χ0) is 32.5. The Bertz CT molecular complexity index is 2030. The SMILES string of the molecule is CN(C)c1ccc(-n2nc(C(=O)N(c3ccccc3)c3ccccc3)c3ccccc32)c(C(=O)N2Cc3ccccc3C[C@H]2CN)c1. The first kappa shape index (κ1) is 30.0. The van der Waals surface area contributed by atoms with Gasteiger partial charge in [-0.15, -0.1) is 0 Å². The molecule has 2 heterocycles. The zero-order valence-corrected chi connectivity index (χ0v) is 26.5. The third kappa shape index (κ3) is 5.53. The number of hydrogen-bond acceptors (Lipinski definition) is 5. The summed E-state index contributed by atoms with van der Waals surface area (Å²) in [4.78, 5) is 34.7. The molecule has 0 saturated heterocycles. The van der Waals surface area contributed by atoms with E-state index < -0.39 is 0 Å². The van der Waals surface area contributed by atoms with E-state index in [1.54, 1.807) is 9.58 Å². The van der Waals surface area contributed by atoms with Crippen LogP contribution in [-0.2, 0) is 13.0 Å². The van der Waals surface area contributed by atoms with Crippen molar-refractivity contribution >= 4 is 39.8 Å². The van der Waals surface area contributed by atoms with Gasteiger partial charge in [-0.2, -0.15) is 5.10 Å². The molecular formula is C39H36N6O2. The summed E-state index contributed by atoms with van der Waals surface area (Å²) in [6, 6.07) is 40.6. The molecule has 1 aromatic heterocycles. The third-order valence-electron chi connectivity index (χ3n) is 8.87. The molecule has 5 aromatic carbocycles. The Morgan fingerprint density at radius 2 is 1.38 bits per heavy atom. The Kier molecular flexibility index (Phi) is 8.01. The summed E-state index contributed by atoms with van der Waals surface area (Å²) in [7, 11) is 3.90. The average molecular weight is 621 g/mol. The summed E-state index contributed by atoms with van der Waals surface area (Å²) in [6.07, 6.45) is 0.694. The summed E-state index contributed by atoms with van der Waals surface area (Å²) in [5.74, 6) is -0.401. The standard InChI is InChI=1S/C39H36N6O2/c1-42(2)31-21-22-36(34(24-31)38(46)43-26-28-14-10-9-13-27(28)23-32(43)25-40)45-35-20-12-11-19-33(35)37(41-45)39(47)44(29-15-5-3-6-16-29)30-17-7-4-8-18-30/h3-22,24,32H,23,25-26,40H2,1-2H3/t32-/m0/s1. The first-order valence-corrected chi connectivity index (χ1v) is 15.8. The molecule has 2 amide bonds. The molecule has 0 bridgehead atoms. The van der Waals surface area contributed by atoms with Crippen LogP contribution in [-0.4, -0.2) is 53.2 Å². The summed E-state index contributed by atoms with van der Waals surface area (Å²) < 4.78 is 1.73. The molecule has 0 unspecified atom stereocenters. The number of para-hydroxylation sites is 3. The fraction of sp³-hybridized carbons (Fsp3) is 0.154. The van der Waals surface area contributed by atoms with Crippen LogP contribution in [0.25, 0.3) is 16.6 Å². The van der Waals surface area contributed by atoms with Gasteiger partial charge in [0.25, 0.3) is 11.8 Å². The van der Waals surface area contributed by atoms with Crippen molar-refractivity contribution in [2.24, 2.45) is 5.73 Å². The van der Waals surface area contributed by atoms with Crippen LogP contribution in [0.15, 0.2) is 127 Å². The molecule has 47 heavy (non-hydrogen) atoms. The molecule has 0 saturated carbocycles. The number of hydrogen-bond donors (Lipinski definition) is 1. The van der Waals surface area contributed by atoms with E-state index in [2.05, 4.69) is 12.1 Å². The van der Waals surface area contributed by atoms with Gasteiger partial charge in [-0.25, -0.2) is 4.68 Å².